The van der Waals surface area contributed by atoms with Gasteiger partial charge in [-0.3, -0.25) is 4.79 Å². The van der Waals surface area contributed by atoms with Crippen molar-refractivity contribution in [3.05, 3.63) is 35.6 Å². The van der Waals surface area contributed by atoms with Crippen molar-refractivity contribution in [3.8, 4) is 0 Å². The van der Waals surface area contributed by atoms with Crippen molar-refractivity contribution in [2.45, 2.75) is 6.42 Å². The predicted octanol–water partition coefficient (Wildman–Crippen LogP) is 0.772. The standard InChI is InChI=1S/C11H14FNO3S/c12-10-4-2-9(3-5-10)11(14)8-17(15,16)7-1-6-13/h2-5H,1,6-8,13H2. The third-order valence-electron chi connectivity index (χ3n) is 2.18. The molecule has 1 aromatic carbocycles. The Bertz CT molecular complexity index is 482. The molecule has 6 heteroatoms. The number of nitrogens with two attached hydrogens (primary N) is 1. The molecular formula is C11H14FNO3S. The Morgan fingerprint density at radius 1 is 1.24 bits per heavy atom. The number of halogens is 1. The SMILES string of the molecule is NCCCS(=O)(=O)CC(=O)c1ccc(F)cc1. The monoisotopic (exact) mass is 259 g/mol. The largest absolute Gasteiger partial charge is 0.330 e. The highest BCUT2D eigenvalue weighted by Crippen LogP contribution is 2.06. The lowest BCUT2D eigenvalue weighted by molar-refractivity contribution is 0.102. The van der Waals surface area contributed by atoms with Crippen LogP contribution in [0.25, 0.3) is 0 Å². The van der Waals surface area contributed by atoms with Crippen LogP contribution in [0.4, 0.5) is 4.39 Å². The number of rotatable bonds is 6. The third-order valence-corrected chi connectivity index (χ3v) is 3.79. The van der Waals surface area contributed by atoms with Gasteiger partial charge in [-0.25, -0.2) is 12.8 Å². The first kappa shape index (κ1) is 13.8. The van der Waals surface area contributed by atoms with Gasteiger partial charge in [0.1, 0.15) is 11.6 Å². The summed E-state index contributed by atoms with van der Waals surface area (Å²) in [5, 5.41) is 0. The molecule has 0 saturated carbocycles. The summed E-state index contributed by atoms with van der Waals surface area (Å²) < 4.78 is 35.6. The Morgan fingerprint density at radius 2 is 1.82 bits per heavy atom. The van der Waals surface area contributed by atoms with Crippen molar-refractivity contribution < 1.29 is 17.6 Å². The fourth-order valence-corrected chi connectivity index (χ4v) is 2.61. The van der Waals surface area contributed by atoms with E-state index in [9.17, 15) is 17.6 Å². The Hall–Kier alpha value is -1.27. The van der Waals surface area contributed by atoms with Crippen molar-refractivity contribution in [1.29, 1.82) is 0 Å². The molecule has 0 heterocycles. The number of carbonyl (C=O) groups excluding carboxylic acids is 1. The third kappa shape index (κ3) is 4.62. The first-order chi connectivity index (χ1) is 7.94. The summed E-state index contributed by atoms with van der Waals surface area (Å²) in [6, 6.07) is 4.80. The number of hydrogen-bond acceptors (Lipinski definition) is 4. The van der Waals surface area contributed by atoms with Crippen LogP contribution in [0.1, 0.15) is 16.8 Å². The molecule has 94 valence electrons. The molecule has 0 aliphatic heterocycles. The molecule has 0 atom stereocenters. The van der Waals surface area contributed by atoms with Crippen LogP contribution in [0, 0.1) is 5.82 Å². The first-order valence-electron chi connectivity index (χ1n) is 5.14. The molecule has 0 aliphatic rings. The van der Waals surface area contributed by atoms with Gasteiger partial charge in [-0.2, -0.15) is 0 Å². The summed E-state index contributed by atoms with van der Waals surface area (Å²) in [4.78, 5) is 11.6. The molecule has 0 fully saturated rings. The number of carbonyl (C=O) groups is 1. The fourth-order valence-electron chi connectivity index (χ4n) is 1.29. The summed E-state index contributed by atoms with van der Waals surface area (Å²) in [7, 11) is -3.42. The fraction of sp³-hybridized carbons (Fsp3) is 0.364. The van der Waals surface area contributed by atoms with E-state index in [0.29, 0.717) is 6.42 Å². The van der Waals surface area contributed by atoms with E-state index >= 15 is 0 Å². The zero-order valence-corrected chi connectivity index (χ0v) is 10.0. The van der Waals surface area contributed by atoms with Crippen LogP contribution in [0.15, 0.2) is 24.3 Å². The smallest absolute Gasteiger partial charge is 0.177 e. The zero-order valence-electron chi connectivity index (χ0n) is 9.23. The lowest BCUT2D eigenvalue weighted by atomic mass is 10.1. The van der Waals surface area contributed by atoms with Crippen molar-refractivity contribution in [3.63, 3.8) is 0 Å². The topological polar surface area (TPSA) is 77.2 Å². The van der Waals surface area contributed by atoms with E-state index in [2.05, 4.69) is 0 Å². The first-order valence-corrected chi connectivity index (χ1v) is 6.96. The van der Waals surface area contributed by atoms with E-state index in [1.165, 1.54) is 12.1 Å². The minimum atomic E-state index is -3.42. The Labute approximate surface area is 99.5 Å². The molecular weight excluding hydrogens is 245 g/mol. The molecule has 0 bridgehead atoms. The second-order valence-electron chi connectivity index (χ2n) is 3.66. The van der Waals surface area contributed by atoms with Gasteiger partial charge in [0.15, 0.2) is 15.6 Å². The highest BCUT2D eigenvalue weighted by atomic mass is 32.2. The van der Waals surface area contributed by atoms with Gasteiger partial charge in [0, 0.05) is 5.56 Å². The van der Waals surface area contributed by atoms with Crippen LogP contribution >= 0.6 is 0 Å². The summed E-state index contributed by atoms with van der Waals surface area (Å²) >= 11 is 0. The number of Topliss-reactive ketones (excluding diaryl/α,β-unsaturated/α-hetero) is 1. The number of sulfone groups is 1. The van der Waals surface area contributed by atoms with Gasteiger partial charge >= 0.3 is 0 Å². The summed E-state index contributed by atoms with van der Waals surface area (Å²) in [5.74, 6) is -1.65. The molecule has 1 aromatic rings. The maximum atomic E-state index is 12.6. The molecule has 2 N–H and O–H groups in total. The Balaban J connectivity index is 2.69. The molecule has 0 amide bonds. The lowest BCUT2D eigenvalue weighted by Crippen LogP contribution is -2.20. The number of ketones is 1. The molecule has 4 nitrogen and oxygen atoms in total. The number of hydrogen-bond donors (Lipinski definition) is 1. The molecule has 0 radical (unpaired) electrons. The minimum Gasteiger partial charge on any atom is -0.330 e. The van der Waals surface area contributed by atoms with Crippen molar-refractivity contribution in [1.82, 2.24) is 0 Å². The van der Waals surface area contributed by atoms with Crippen LogP contribution in [0.2, 0.25) is 0 Å². The van der Waals surface area contributed by atoms with Gasteiger partial charge in [0.2, 0.25) is 0 Å². The molecule has 0 aromatic heterocycles. The van der Waals surface area contributed by atoms with Crippen molar-refractivity contribution in [2.24, 2.45) is 5.73 Å². The van der Waals surface area contributed by atoms with Gasteiger partial charge < -0.3 is 5.73 Å². The molecule has 0 aliphatic carbocycles. The van der Waals surface area contributed by atoms with Gasteiger partial charge in [-0.1, -0.05) is 0 Å². The van der Waals surface area contributed by atoms with Crippen LogP contribution in [-0.2, 0) is 9.84 Å². The second kappa shape index (κ2) is 5.88. The summed E-state index contributed by atoms with van der Waals surface area (Å²) in [5.41, 5.74) is 5.40. The van der Waals surface area contributed by atoms with Gasteiger partial charge in [0.05, 0.1) is 5.75 Å². The molecule has 17 heavy (non-hydrogen) atoms. The highest BCUT2D eigenvalue weighted by Gasteiger charge is 2.17. The highest BCUT2D eigenvalue weighted by molar-refractivity contribution is 7.92. The van der Waals surface area contributed by atoms with E-state index in [1.807, 2.05) is 0 Å². The normalized spacial score (nSPS) is 11.4. The minimum absolute atomic E-state index is 0.101. The number of benzene rings is 1. The van der Waals surface area contributed by atoms with E-state index < -0.39 is 27.2 Å². The predicted molar refractivity (Wildman–Crippen MR) is 63.1 cm³/mol. The zero-order chi connectivity index (χ0) is 12.9. The molecule has 0 unspecified atom stereocenters. The molecule has 1 rings (SSSR count). The summed E-state index contributed by atoms with van der Waals surface area (Å²) in [6.45, 7) is 0.268. The van der Waals surface area contributed by atoms with Crippen LogP contribution in [0.3, 0.4) is 0 Å². The van der Waals surface area contributed by atoms with E-state index in [0.717, 1.165) is 12.1 Å². The van der Waals surface area contributed by atoms with E-state index in [-0.39, 0.29) is 17.9 Å². The maximum absolute atomic E-state index is 12.6. The van der Waals surface area contributed by atoms with Gasteiger partial charge in [-0.05, 0) is 37.2 Å². The second-order valence-corrected chi connectivity index (χ2v) is 5.85. The Kier molecular flexibility index (Phi) is 4.77. The van der Waals surface area contributed by atoms with Gasteiger partial charge in [0.25, 0.3) is 0 Å². The molecule has 0 saturated heterocycles. The van der Waals surface area contributed by atoms with Crippen LogP contribution in [0.5, 0.6) is 0 Å². The molecule has 0 spiro atoms. The summed E-state index contributed by atoms with van der Waals surface area (Å²) in [6.07, 6.45) is 0.332. The van der Waals surface area contributed by atoms with Crippen molar-refractivity contribution >= 4 is 15.6 Å². The maximum Gasteiger partial charge on any atom is 0.177 e. The lowest BCUT2D eigenvalue weighted by Gasteiger charge is -2.03. The van der Waals surface area contributed by atoms with Crippen molar-refractivity contribution in [2.75, 3.05) is 18.1 Å². The Morgan fingerprint density at radius 3 is 2.35 bits per heavy atom. The quantitative estimate of drug-likeness (QED) is 0.765. The van der Waals surface area contributed by atoms with Crippen LogP contribution in [-0.4, -0.2) is 32.3 Å². The average molecular weight is 259 g/mol. The van der Waals surface area contributed by atoms with Gasteiger partial charge in [-0.15, -0.1) is 0 Å². The van der Waals surface area contributed by atoms with Crippen LogP contribution < -0.4 is 5.73 Å². The average Bonchev–Trinajstić information content (AvgIpc) is 2.26. The van der Waals surface area contributed by atoms with E-state index in [1.54, 1.807) is 0 Å². The van der Waals surface area contributed by atoms with E-state index in [4.69, 9.17) is 5.73 Å².